The summed E-state index contributed by atoms with van der Waals surface area (Å²) in [4.78, 5) is 10.7. The summed E-state index contributed by atoms with van der Waals surface area (Å²) in [6.45, 7) is 0. The molecule has 0 aromatic heterocycles. The van der Waals surface area contributed by atoms with E-state index in [9.17, 15) is 9.18 Å². The Bertz CT molecular complexity index is 746. The van der Waals surface area contributed by atoms with Crippen LogP contribution in [-0.4, -0.2) is 6.29 Å². The van der Waals surface area contributed by atoms with Crippen molar-refractivity contribution in [1.29, 1.82) is 0 Å². The van der Waals surface area contributed by atoms with Gasteiger partial charge in [0.05, 0.1) is 17.1 Å². The third-order valence-corrected chi connectivity index (χ3v) is 3.47. The highest BCUT2D eigenvalue weighted by molar-refractivity contribution is 7.27. The Kier molecular flexibility index (Phi) is 3.59. The summed E-state index contributed by atoms with van der Waals surface area (Å²) >= 11 is 0. The second kappa shape index (κ2) is 5.54. The third-order valence-electron chi connectivity index (χ3n) is 2.99. The zero-order chi connectivity index (χ0) is 14.8. The highest BCUT2D eigenvalue weighted by atomic mass is 31.0. The van der Waals surface area contributed by atoms with Gasteiger partial charge in [0.25, 0.3) is 0 Å². The van der Waals surface area contributed by atoms with Crippen molar-refractivity contribution in [2.45, 2.75) is 0 Å². The van der Waals surface area contributed by atoms with Crippen molar-refractivity contribution < 1.29 is 13.9 Å². The van der Waals surface area contributed by atoms with E-state index in [4.69, 9.17) is 4.74 Å². The number of carbonyl (C=O) groups is 1. The van der Waals surface area contributed by atoms with Gasteiger partial charge < -0.3 is 15.4 Å². The minimum atomic E-state index is -0.497. The van der Waals surface area contributed by atoms with E-state index >= 15 is 0 Å². The molecule has 1 unspecified atom stereocenters. The van der Waals surface area contributed by atoms with Crippen LogP contribution in [0.2, 0.25) is 0 Å². The standard InChI is InChI=1S/C15H12FN2O2P/c16-11-5-10(20-13-3-1-2-4-14(13)21)6-12-15(11)18-9(8-19)7-17-12/h1-8,17-18H,21H2. The molecule has 0 aliphatic carbocycles. The number of para-hydroxylation sites is 1. The molecule has 106 valence electrons. The molecule has 2 aromatic carbocycles. The first-order chi connectivity index (χ1) is 10.2. The molecule has 0 radical (unpaired) electrons. The van der Waals surface area contributed by atoms with Gasteiger partial charge in [-0.15, -0.1) is 9.24 Å². The van der Waals surface area contributed by atoms with Gasteiger partial charge in [-0.25, -0.2) is 4.39 Å². The van der Waals surface area contributed by atoms with Crippen molar-refractivity contribution in [3.63, 3.8) is 0 Å². The molecule has 1 aliphatic rings. The van der Waals surface area contributed by atoms with Crippen LogP contribution in [0.25, 0.3) is 0 Å². The van der Waals surface area contributed by atoms with Crippen LogP contribution in [0.1, 0.15) is 0 Å². The molecule has 6 heteroatoms. The SMILES string of the molecule is O=CC1=CNc2cc(Oc3ccccc3P)cc(F)c2N1. The van der Waals surface area contributed by atoms with E-state index in [2.05, 4.69) is 19.9 Å². The van der Waals surface area contributed by atoms with Gasteiger partial charge in [0.15, 0.2) is 12.1 Å². The maximum atomic E-state index is 14.1. The number of benzene rings is 2. The Morgan fingerprint density at radius 2 is 2.05 bits per heavy atom. The maximum absolute atomic E-state index is 14.1. The van der Waals surface area contributed by atoms with E-state index < -0.39 is 5.82 Å². The predicted octanol–water partition coefficient (Wildman–Crippen LogP) is 3.00. The van der Waals surface area contributed by atoms with Crippen LogP contribution in [0.4, 0.5) is 15.8 Å². The van der Waals surface area contributed by atoms with Gasteiger partial charge >= 0.3 is 0 Å². The fourth-order valence-corrected chi connectivity index (χ4v) is 2.25. The molecule has 1 aliphatic heterocycles. The van der Waals surface area contributed by atoms with Crippen LogP contribution >= 0.6 is 9.24 Å². The number of allylic oxidation sites excluding steroid dienone is 1. The quantitative estimate of drug-likeness (QED) is 0.676. The Hall–Kier alpha value is -2.39. The summed E-state index contributed by atoms with van der Waals surface area (Å²) in [5.41, 5.74) is 1.01. The first-order valence-electron chi connectivity index (χ1n) is 6.22. The Morgan fingerprint density at radius 1 is 1.24 bits per heavy atom. The van der Waals surface area contributed by atoms with Gasteiger partial charge in [-0.05, 0) is 6.07 Å². The number of hydrogen-bond donors (Lipinski definition) is 2. The normalized spacial score (nSPS) is 12.6. The Morgan fingerprint density at radius 3 is 2.81 bits per heavy atom. The molecule has 21 heavy (non-hydrogen) atoms. The zero-order valence-corrected chi connectivity index (χ0v) is 12.0. The monoisotopic (exact) mass is 302 g/mol. The lowest BCUT2D eigenvalue weighted by molar-refractivity contribution is -0.104. The minimum absolute atomic E-state index is 0.228. The molecule has 1 heterocycles. The lowest BCUT2D eigenvalue weighted by Crippen LogP contribution is -2.12. The summed E-state index contributed by atoms with van der Waals surface area (Å²) in [7, 11) is 2.56. The number of carbonyl (C=O) groups excluding carboxylic acids is 1. The van der Waals surface area contributed by atoms with Crippen molar-refractivity contribution in [3.05, 3.63) is 54.1 Å². The molecule has 2 N–H and O–H groups in total. The topological polar surface area (TPSA) is 50.4 Å². The van der Waals surface area contributed by atoms with Crippen LogP contribution in [0.5, 0.6) is 11.5 Å². The molecular weight excluding hydrogens is 290 g/mol. The summed E-state index contributed by atoms with van der Waals surface area (Å²) in [6, 6.07) is 10.4. The summed E-state index contributed by atoms with van der Waals surface area (Å²) in [5.74, 6) is 0.511. The Labute approximate surface area is 123 Å². The molecule has 0 spiro atoms. The molecule has 0 bridgehead atoms. The second-order valence-electron chi connectivity index (χ2n) is 4.45. The smallest absolute Gasteiger partial charge is 0.167 e. The first-order valence-corrected chi connectivity index (χ1v) is 6.80. The molecule has 0 fully saturated rings. The summed E-state index contributed by atoms with van der Waals surface area (Å²) in [6.07, 6.45) is 2.09. The van der Waals surface area contributed by atoms with E-state index in [1.165, 1.54) is 12.3 Å². The number of ether oxygens (including phenoxy) is 1. The van der Waals surface area contributed by atoms with Crippen molar-refractivity contribution in [1.82, 2.24) is 0 Å². The van der Waals surface area contributed by atoms with E-state index in [0.717, 1.165) is 5.30 Å². The van der Waals surface area contributed by atoms with Crippen molar-refractivity contribution in [2.75, 3.05) is 10.6 Å². The lowest BCUT2D eigenvalue weighted by Gasteiger charge is -2.19. The van der Waals surface area contributed by atoms with Gasteiger partial charge in [-0.1, -0.05) is 18.2 Å². The number of halogens is 1. The number of hydrogen-bond acceptors (Lipinski definition) is 4. The van der Waals surface area contributed by atoms with Gasteiger partial charge in [-0.2, -0.15) is 0 Å². The average Bonchev–Trinajstić information content (AvgIpc) is 2.49. The third kappa shape index (κ3) is 2.73. The van der Waals surface area contributed by atoms with Crippen LogP contribution in [0.3, 0.4) is 0 Å². The fourth-order valence-electron chi connectivity index (χ4n) is 1.98. The molecule has 4 nitrogen and oxygen atoms in total. The van der Waals surface area contributed by atoms with E-state index in [1.54, 1.807) is 12.1 Å². The molecule has 2 aromatic rings. The average molecular weight is 302 g/mol. The number of fused-ring (bicyclic) bond motifs is 1. The van der Waals surface area contributed by atoms with E-state index in [0.29, 0.717) is 23.5 Å². The summed E-state index contributed by atoms with van der Waals surface area (Å²) < 4.78 is 19.8. The number of anilines is 2. The zero-order valence-electron chi connectivity index (χ0n) is 10.9. The fraction of sp³-hybridized carbons (Fsp3) is 0. The van der Waals surface area contributed by atoms with Crippen molar-refractivity contribution in [3.8, 4) is 11.5 Å². The lowest BCUT2D eigenvalue weighted by atomic mass is 10.2. The number of rotatable bonds is 3. The van der Waals surface area contributed by atoms with Crippen molar-refractivity contribution >= 4 is 32.2 Å². The molecular formula is C15H12FN2O2P. The first kappa shape index (κ1) is 13.6. The minimum Gasteiger partial charge on any atom is -0.457 e. The molecule has 3 rings (SSSR count). The van der Waals surface area contributed by atoms with Crippen molar-refractivity contribution in [2.24, 2.45) is 0 Å². The van der Waals surface area contributed by atoms with Crippen LogP contribution in [-0.2, 0) is 4.79 Å². The molecule has 1 atom stereocenters. The largest absolute Gasteiger partial charge is 0.457 e. The van der Waals surface area contributed by atoms with Crippen LogP contribution in [0, 0.1) is 5.82 Å². The van der Waals surface area contributed by atoms with E-state index in [1.807, 2.05) is 18.2 Å². The van der Waals surface area contributed by atoms with Crippen LogP contribution < -0.4 is 20.7 Å². The second-order valence-corrected chi connectivity index (χ2v) is 5.08. The van der Waals surface area contributed by atoms with Gasteiger partial charge in [-0.3, -0.25) is 4.79 Å². The highest BCUT2D eigenvalue weighted by Gasteiger charge is 2.16. The molecule has 0 saturated carbocycles. The Balaban J connectivity index is 1.93. The maximum Gasteiger partial charge on any atom is 0.167 e. The number of aldehydes is 1. The highest BCUT2D eigenvalue weighted by Crippen LogP contribution is 2.35. The predicted molar refractivity (Wildman–Crippen MR) is 83.7 cm³/mol. The van der Waals surface area contributed by atoms with Gasteiger partial charge in [0.1, 0.15) is 11.5 Å². The van der Waals surface area contributed by atoms with Gasteiger partial charge in [0.2, 0.25) is 0 Å². The van der Waals surface area contributed by atoms with Crippen LogP contribution in [0.15, 0.2) is 48.3 Å². The molecule has 0 saturated heterocycles. The van der Waals surface area contributed by atoms with E-state index in [-0.39, 0.29) is 11.4 Å². The van der Waals surface area contributed by atoms with Gasteiger partial charge in [0, 0.05) is 23.6 Å². The number of nitrogens with one attached hydrogen (secondary N) is 2. The summed E-state index contributed by atoms with van der Waals surface area (Å²) in [5, 5.41) is 6.46. The molecule has 0 amide bonds.